The van der Waals surface area contributed by atoms with Gasteiger partial charge >= 0.3 is 5.97 Å². The first-order chi connectivity index (χ1) is 5.19. The maximum atomic E-state index is 11.4. The Kier molecular flexibility index (Phi) is 4.24. The predicted octanol–water partition coefficient (Wildman–Crippen LogP) is 2.88. The Bertz CT molecular complexity index is 170. The maximum Gasteiger partial charge on any atom is 0.323 e. The second-order valence-electron chi connectivity index (χ2n) is 3.83. The van der Waals surface area contributed by atoms with Crippen molar-refractivity contribution in [1.82, 2.24) is 0 Å². The van der Waals surface area contributed by atoms with Crippen LogP contribution in [0.3, 0.4) is 0 Å². The standard InChI is InChI=1S/C8H14Br2O2/c1-7(2,3)12-6(11)8(4,10)5-9/h5H2,1-4H3. The Balaban J connectivity index is 4.23. The summed E-state index contributed by atoms with van der Waals surface area (Å²) < 4.78 is 4.55. The number of halogens is 2. The highest BCUT2D eigenvalue weighted by Gasteiger charge is 2.33. The molecular formula is C8H14Br2O2. The molecule has 1 atom stereocenters. The molecule has 0 radical (unpaired) electrons. The Morgan fingerprint density at radius 3 is 2.00 bits per heavy atom. The summed E-state index contributed by atoms with van der Waals surface area (Å²) in [7, 11) is 0. The zero-order valence-corrected chi connectivity index (χ0v) is 11.0. The highest BCUT2D eigenvalue weighted by molar-refractivity contribution is 9.12. The van der Waals surface area contributed by atoms with E-state index in [1.54, 1.807) is 6.92 Å². The maximum absolute atomic E-state index is 11.4. The lowest BCUT2D eigenvalue weighted by Crippen LogP contribution is -2.37. The van der Waals surface area contributed by atoms with E-state index in [9.17, 15) is 4.79 Å². The van der Waals surface area contributed by atoms with Gasteiger partial charge in [0, 0.05) is 5.33 Å². The molecule has 72 valence electrons. The van der Waals surface area contributed by atoms with Gasteiger partial charge in [0.05, 0.1) is 0 Å². The van der Waals surface area contributed by atoms with Crippen LogP contribution in [-0.2, 0) is 9.53 Å². The molecule has 1 unspecified atom stereocenters. The molecular weight excluding hydrogens is 288 g/mol. The highest BCUT2D eigenvalue weighted by Crippen LogP contribution is 2.24. The second-order valence-corrected chi connectivity index (χ2v) is 6.14. The van der Waals surface area contributed by atoms with Crippen LogP contribution in [0.25, 0.3) is 0 Å². The number of carbonyl (C=O) groups is 1. The molecule has 0 rings (SSSR count). The lowest BCUT2D eigenvalue weighted by Gasteiger charge is -2.25. The SMILES string of the molecule is CC(C)(C)OC(=O)C(C)(Br)CBr. The van der Waals surface area contributed by atoms with Crippen LogP contribution in [0.1, 0.15) is 27.7 Å². The molecule has 0 saturated carbocycles. The molecule has 0 spiro atoms. The summed E-state index contributed by atoms with van der Waals surface area (Å²) in [6.45, 7) is 7.32. The minimum absolute atomic E-state index is 0.244. The van der Waals surface area contributed by atoms with Crippen LogP contribution in [0, 0.1) is 0 Å². The van der Waals surface area contributed by atoms with Gasteiger partial charge in [-0.2, -0.15) is 0 Å². The molecule has 0 amide bonds. The van der Waals surface area contributed by atoms with Gasteiger partial charge in [-0.1, -0.05) is 31.9 Å². The predicted molar refractivity (Wildman–Crippen MR) is 57.0 cm³/mol. The summed E-state index contributed by atoms with van der Waals surface area (Å²) in [5, 5.41) is 0.537. The Morgan fingerprint density at radius 2 is 1.75 bits per heavy atom. The van der Waals surface area contributed by atoms with Crippen molar-refractivity contribution >= 4 is 37.8 Å². The van der Waals surface area contributed by atoms with Gasteiger partial charge in [-0.3, -0.25) is 4.79 Å². The number of carbonyl (C=O) groups excluding carboxylic acids is 1. The molecule has 0 aromatic heterocycles. The zero-order valence-electron chi connectivity index (χ0n) is 7.78. The van der Waals surface area contributed by atoms with Crippen LogP contribution in [0.2, 0.25) is 0 Å². The van der Waals surface area contributed by atoms with Gasteiger partial charge in [0.1, 0.15) is 9.93 Å². The summed E-state index contributed by atoms with van der Waals surface area (Å²) in [5.41, 5.74) is -0.422. The summed E-state index contributed by atoms with van der Waals surface area (Å²) in [6.07, 6.45) is 0. The van der Waals surface area contributed by atoms with E-state index in [1.807, 2.05) is 20.8 Å². The first-order valence-corrected chi connectivity index (χ1v) is 5.59. The average molecular weight is 302 g/mol. The lowest BCUT2D eigenvalue weighted by molar-refractivity contribution is -0.156. The Hall–Kier alpha value is 0.430. The van der Waals surface area contributed by atoms with Crippen LogP contribution in [0.4, 0.5) is 0 Å². The van der Waals surface area contributed by atoms with E-state index in [4.69, 9.17) is 4.74 Å². The fourth-order valence-corrected chi connectivity index (χ4v) is 0.749. The minimum atomic E-state index is -0.625. The number of ether oxygens (including phenoxy) is 1. The number of esters is 1. The van der Waals surface area contributed by atoms with E-state index in [1.165, 1.54) is 0 Å². The van der Waals surface area contributed by atoms with E-state index in [2.05, 4.69) is 31.9 Å². The normalized spacial score (nSPS) is 16.8. The first kappa shape index (κ1) is 12.4. The molecule has 0 fully saturated rings. The van der Waals surface area contributed by atoms with Gasteiger partial charge in [0.15, 0.2) is 0 Å². The second kappa shape index (κ2) is 4.09. The number of rotatable bonds is 2. The molecule has 0 heterocycles. The Morgan fingerprint density at radius 1 is 1.33 bits per heavy atom. The molecule has 0 N–H and O–H groups in total. The smallest absolute Gasteiger partial charge is 0.323 e. The zero-order chi connectivity index (χ0) is 9.99. The van der Waals surface area contributed by atoms with Crippen LogP contribution in [0.15, 0.2) is 0 Å². The number of hydrogen-bond acceptors (Lipinski definition) is 2. The fraction of sp³-hybridized carbons (Fsp3) is 0.875. The van der Waals surface area contributed by atoms with Gasteiger partial charge in [0.2, 0.25) is 0 Å². The molecule has 0 aliphatic heterocycles. The van der Waals surface area contributed by atoms with E-state index in [0.29, 0.717) is 5.33 Å². The molecule has 0 bridgehead atoms. The highest BCUT2D eigenvalue weighted by atomic mass is 79.9. The van der Waals surface area contributed by atoms with Crippen LogP contribution >= 0.6 is 31.9 Å². The third-order valence-corrected chi connectivity index (χ3v) is 3.55. The average Bonchev–Trinajstić information content (AvgIpc) is 1.84. The van der Waals surface area contributed by atoms with Gasteiger partial charge in [-0.15, -0.1) is 0 Å². The monoisotopic (exact) mass is 300 g/mol. The molecule has 0 aliphatic carbocycles. The number of alkyl halides is 2. The molecule has 0 aliphatic rings. The third-order valence-electron chi connectivity index (χ3n) is 1.08. The van der Waals surface area contributed by atoms with Crippen molar-refractivity contribution in [3.63, 3.8) is 0 Å². The summed E-state index contributed by atoms with van der Waals surface area (Å²) >= 11 is 6.51. The topological polar surface area (TPSA) is 26.3 Å². The largest absolute Gasteiger partial charge is 0.459 e. The van der Waals surface area contributed by atoms with Crippen molar-refractivity contribution in [3.8, 4) is 0 Å². The van der Waals surface area contributed by atoms with Crippen molar-refractivity contribution in [3.05, 3.63) is 0 Å². The van der Waals surface area contributed by atoms with E-state index in [0.717, 1.165) is 0 Å². The van der Waals surface area contributed by atoms with Crippen molar-refractivity contribution in [2.24, 2.45) is 0 Å². The first-order valence-electron chi connectivity index (χ1n) is 3.67. The van der Waals surface area contributed by atoms with Crippen LogP contribution < -0.4 is 0 Å². The lowest BCUT2D eigenvalue weighted by atomic mass is 10.1. The summed E-state index contributed by atoms with van der Waals surface area (Å²) in [4.78, 5) is 11.4. The molecule has 0 aromatic carbocycles. The minimum Gasteiger partial charge on any atom is -0.459 e. The van der Waals surface area contributed by atoms with E-state index >= 15 is 0 Å². The Labute approximate surface area is 90.3 Å². The van der Waals surface area contributed by atoms with Gasteiger partial charge in [-0.25, -0.2) is 0 Å². The molecule has 0 saturated heterocycles. The van der Waals surface area contributed by atoms with E-state index in [-0.39, 0.29) is 5.97 Å². The van der Waals surface area contributed by atoms with Gasteiger partial charge in [0.25, 0.3) is 0 Å². The summed E-state index contributed by atoms with van der Waals surface area (Å²) in [6, 6.07) is 0. The van der Waals surface area contributed by atoms with Gasteiger partial charge in [-0.05, 0) is 27.7 Å². The third kappa shape index (κ3) is 4.45. The van der Waals surface area contributed by atoms with Crippen LogP contribution in [-0.4, -0.2) is 21.2 Å². The van der Waals surface area contributed by atoms with Crippen molar-refractivity contribution in [2.45, 2.75) is 37.6 Å². The van der Waals surface area contributed by atoms with Crippen molar-refractivity contribution < 1.29 is 9.53 Å². The van der Waals surface area contributed by atoms with Crippen LogP contribution in [0.5, 0.6) is 0 Å². The molecule has 2 nitrogen and oxygen atoms in total. The van der Waals surface area contributed by atoms with Crippen molar-refractivity contribution in [1.29, 1.82) is 0 Å². The molecule has 4 heteroatoms. The van der Waals surface area contributed by atoms with Gasteiger partial charge < -0.3 is 4.74 Å². The number of hydrogen-bond donors (Lipinski definition) is 0. The summed E-state index contributed by atoms with van der Waals surface area (Å²) in [5.74, 6) is -0.244. The quantitative estimate of drug-likeness (QED) is 0.579. The van der Waals surface area contributed by atoms with Crippen molar-refractivity contribution in [2.75, 3.05) is 5.33 Å². The molecule has 0 aromatic rings. The molecule has 12 heavy (non-hydrogen) atoms. The van der Waals surface area contributed by atoms with E-state index < -0.39 is 9.93 Å². The fourth-order valence-electron chi connectivity index (χ4n) is 0.439.